The van der Waals surface area contributed by atoms with Crippen LogP contribution in [0.15, 0.2) is 58.3 Å². The number of amides is 1. The summed E-state index contributed by atoms with van der Waals surface area (Å²) in [6.45, 7) is -0.0614. The normalized spacial score (nSPS) is 16.5. The molecule has 0 saturated carbocycles. The molecule has 2 aromatic carbocycles. The minimum Gasteiger partial charge on any atom is -0.325 e. The molecule has 9 nitrogen and oxygen atoms in total. The van der Waals surface area contributed by atoms with Crippen LogP contribution in [-0.2, 0) is 31.0 Å². The van der Waals surface area contributed by atoms with E-state index >= 15 is 0 Å². The van der Waals surface area contributed by atoms with Gasteiger partial charge in [0.15, 0.2) is 0 Å². The summed E-state index contributed by atoms with van der Waals surface area (Å²) in [6, 6.07) is 9.38. The lowest BCUT2D eigenvalue weighted by Crippen LogP contribution is -2.50. The van der Waals surface area contributed by atoms with Gasteiger partial charge in [0.25, 0.3) is 0 Å². The van der Waals surface area contributed by atoms with E-state index in [4.69, 9.17) is 5.14 Å². The molecule has 0 spiro atoms. The number of halogens is 3. The van der Waals surface area contributed by atoms with Crippen molar-refractivity contribution in [2.75, 3.05) is 38.0 Å². The second-order valence-corrected chi connectivity index (χ2v) is 10.8. The van der Waals surface area contributed by atoms with Crippen molar-refractivity contribution >= 4 is 31.6 Å². The Kier molecular flexibility index (Phi) is 7.14. The molecule has 180 valence electrons. The van der Waals surface area contributed by atoms with Crippen LogP contribution in [0.25, 0.3) is 0 Å². The monoisotopic (exact) mass is 506 g/mol. The van der Waals surface area contributed by atoms with E-state index in [0.29, 0.717) is 0 Å². The molecule has 0 aromatic heterocycles. The molecule has 1 heterocycles. The number of carbonyl (C=O) groups excluding carboxylic acids is 1. The Morgan fingerprint density at radius 2 is 1.61 bits per heavy atom. The summed E-state index contributed by atoms with van der Waals surface area (Å²) >= 11 is 0. The molecule has 14 heteroatoms. The van der Waals surface area contributed by atoms with Gasteiger partial charge < -0.3 is 5.32 Å². The van der Waals surface area contributed by atoms with Gasteiger partial charge in [0, 0.05) is 31.9 Å². The first-order valence-electron chi connectivity index (χ1n) is 9.60. The number of primary sulfonamides is 1. The number of hydrogen-bond donors (Lipinski definition) is 2. The smallest absolute Gasteiger partial charge is 0.325 e. The summed E-state index contributed by atoms with van der Waals surface area (Å²) < 4.78 is 89.1. The lowest BCUT2D eigenvalue weighted by Gasteiger charge is -2.34. The van der Waals surface area contributed by atoms with E-state index in [9.17, 15) is 34.8 Å². The van der Waals surface area contributed by atoms with Gasteiger partial charge in [-0.3, -0.25) is 9.69 Å². The number of sulfonamides is 2. The van der Waals surface area contributed by atoms with E-state index in [2.05, 4.69) is 5.32 Å². The highest BCUT2D eigenvalue weighted by Gasteiger charge is 2.39. The summed E-state index contributed by atoms with van der Waals surface area (Å²) in [7, 11) is -8.32. The number of hydrogen-bond acceptors (Lipinski definition) is 6. The number of benzene rings is 2. The predicted molar refractivity (Wildman–Crippen MR) is 113 cm³/mol. The van der Waals surface area contributed by atoms with Crippen molar-refractivity contribution in [3.8, 4) is 0 Å². The van der Waals surface area contributed by atoms with Crippen LogP contribution in [0.4, 0.5) is 18.9 Å². The number of anilines is 1. The fourth-order valence-electron chi connectivity index (χ4n) is 3.35. The molecule has 1 saturated heterocycles. The van der Waals surface area contributed by atoms with Crippen molar-refractivity contribution in [2.45, 2.75) is 16.0 Å². The summed E-state index contributed by atoms with van der Waals surface area (Å²) in [4.78, 5) is 13.0. The van der Waals surface area contributed by atoms with Crippen LogP contribution in [0.3, 0.4) is 0 Å². The quantitative estimate of drug-likeness (QED) is 0.608. The highest BCUT2D eigenvalue weighted by atomic mass is 32.2. The van der Waals surface area contributed by atoms with E-state index < -0.39 is 42.6 Å². The van der Waals surface area contributed by atoms with Gasteiger partial charge >= 0.3 is 6.18 Å². The molecular formula is C19H21F3N4O5S2. The highest BCUT2D eigenvalue weighted by molar-refractivity contribution is 7.89. The zero-order chi connectivity index (χ0) is 24.4. The highest BCUT2D eigenvalue weighted by Crippen LogP contribution is 2.35. The van der Waals surface area contributed by atoms with Crippen LogP contribution in [0.5, 0.6) is 0 Å². The number of nitrogens with two attached hydrogens (primary N) is 1. The maximum absolute atomic E-state index is 13.2. The largest absolute Gasteiger partial charge is 0.417 e. The van der Waals surface area contributed by atoms with Crippen molar-refractivity contribution in [1.29, 1.82) is 0 Å². The van der Waals surface area contributed by atoms with E-state index in [1.54, 1.807) is 4.90 Å². The maximum atomic E-state index is 13.2. The predicted octanol–water partition coefficient (Wildman–Crippen LogP) is 1.30. The van der Waals surface area contributed by atoms with Gasteiger partial charge in [0.2, 0.25) is 26.0 Å². The van der Waals surface area contributed by atoms with Crippen LogP contribution in [0, 0.1) is 0 Å². The molecule has 3 rings (SSSR count). The maximum Gasteiger partial charge on any atom is 0.417 e. The third-order valence-corrected chi connectivity index (χ3v) is 7.82. The Hall–Kier alpha value is -2.52. The van der Waals surface area contributed by atoms with Gasteiger partial charge in [0.1, 0.15) is 0 Å². The van der Waals surface area contributed by atoms with Crippen molar-refractivity contribution in [2.24, 2.45) is 5.14 Å². The topological polar surface area (TPSA) is 130 Å². The van der Waals surface area contributed by atoms with Crippen LogP contribution < -0.4 is 10.5 Å². The van der Waals surface area contributed by atoms with Crippen molar-refractivity contribution in [1.82, 2.24) is 9.21 Å². The Balaban J connectivity index is 1.62. The van der Waals surface area contributed by atoms with Crippen molar-refractivity contribution in [3.63, 3.8) is 0 Å². The van der Waals surface area contributed by atoms with E-state index in [-0.39, 0.29) is 43.3 Å². The molecule has 1 amide bonds. The van der Waals surface area contributed by atoms with Crippen LogP contribution >= 0.6 is 0 Å². The molecule has 1 aliphatic rings. The average molecular weight is 507 g/mol. The molecule has 0 unspecified atom stereocenters. The van der Waals surface area contributed by atoms with Gasteiger partial charge in [0.05, 0.1) is 21.9 Å². The number of nitrogens with one attached hydrogen (secondary N) is 1. The van der Waals surface area contributed by atoms with E-state index in [1.165, 1.54) is 30.3 Å². The first-order valence-corrected chi connectivity index (χ1v) is 12.6. The van der Waals surface area contributed by atoms with Crippen LogP contribution in [0.2, 0.25) is 0 Å². The van der Waals surface area contributed by atoms with Gasteiger partial charge in [-0.15, -0.1) is 0 Å². The van der Waals surface area contributed by atoms with Gasteiger partial charge in [-0.25, -0.2) is 22.0 Å². The van der Waals surface area contributed by atoms with Gasteiger partial charge in [-0.05, 0) is 30.3 Å². The molecule has 3 N–H and O–H groups in total. The second kappa shape index (κ2) is 9.38. The first-order chi connectivity index (χ1) is 15.3. The summed E-state index contributed by atoms with van der Waals surface area (Å²) in [5, 5.41) is 7.60. The Morgan fingerprint density at radius 3 is 2.21 bits per heavy atom. The molecule has 2 aromatic rings. The number of piperazine rings is 1. The zero-order valence-corrected chi connectivity index (χ0v) is 18.8. The third-order valence-electron chi connectivity index (χ3n) is 4.96. The fourth-order valence-corrected chi connectivity index (χ4v) is 5.54. The van der Waals surface area contributed by atoms with E-state index in [0.717, 1.165) is 22.5 Å². The molecule has 1 aliphatic heterocycles. The molecule has 1 fully saturated rings. The minimum absolute atomic E-state index is 0.0945. The fraction of sp³-hybridized carbons (Fsp3) is 0.316. The molecule has 0 atom stereocenters. The number of nitrogens with zero attached hydrogens (tertiary/aromatic N) is 2. The molecule has 0 aliphatic carbocycles. The third kappa shape index (κ3) is 6.09. The Morgan fingerprint density at radius 1 is 0.970 bits per heavy atom. The number of rotatable bonds is 6. The lowest BCUT2D eigenvalue weighted by atomic mass is 10.2. The van der Waals surface area contributed by atoms with Crippen molar-refractivity contribution < 1.29 is 34.8 Å². The molecular weight excluding hydrogens is 485 g/mol. The zero-order valence-electron chi connectivity index (χ0n) is 17.1. The SMILES string of the molecule is NS(=O)(=O)c1cccc(NC(=O)CN2CCN(S(=O)(=O)c3ccccc3C(F)(F)F)CC2)c1. The molecule has 0 bridgehead atoms. The first kappa shape index (κ1) is 25.1. The standard InChI is InChI=1S/C19H21F3N4O5S2/c20-19(21,22)16-6-1-2-7-17(16)33(30,31)26-10-8-25(9-11-26)13-18(27)24-14-4-3-5-15(12-14)32(23,28)29/h1-7,12H,8-11,13H2,(H,24,27)(H2,23,28,29). The average Bonchev–Trinajstić information content (AvgIpc) is 2.73. The van der Waals surface area contributed by atoms with Crippen LogP contribution in [0.1, 0.15) is 5.56 Å². The molecule has 0 radical (unpaired) electrons. The molecule has 33 heavy (non-hydrogen) atoms. The number of carbonyl (C=O) groups is 1. The number of alkyl halides is 3. The Labute approximate surface area is 189 Å². The summed E-state index contributed by atoms with van der Waals surface area (Å²) in [5.74, 6) is -0.472. The van der Waals surface area contributed by atoms with Gasteiger partial charge in [-0.2, -0.15) is 17.5 Å². The van der Waals surface area contributed by atoms with Crippen LogP contribution in [-0.4, -0.2) is 64.7 Å². The van der Waals surface area contributed by atoms with E-state index in [1.807, 2.05) is 0 Å². The lowest BCUT2D eigenvalue weighted by molar-refractivity contribution is -0.140. The minimum atomic E-state index is -4.82. The van der Waals surface area contributed by atoms with Crippen molar-refractivity contribution in [3.05, 3.63) is 54.1 Å². The van der Waals surface area contributed by atoms with Gasteiger partial charge in [-0.1, -0.05) is 18.2 Å². The Bertz CT molecular complexity index is 1240. The second-order valence-electron chi connectivity index (χ2n) is 7.30. The summed E-state index contributed by atoms with van der Waals surface area (Å²) in [6.07, 6.45) is -4.82. The summed E-state index contributed by atoms with van der Waals surface area (Å²) in [5.41, 5.74) is -1.01.